The van der Waals surface area contributed by atoms with Gasteiger partial charge in [0.1, 0.15) is 36.9 Å². The second-order valence-corrected chi connectivity index (χ2v) is 14.9. The number of epoxide rings is 2. The van der Waals surface area contributed by atoms with Gasteiger partial charge in [0.05, 0.1) is 35.5 Å². The van der Waals surface area contributed by atoms with Crippen molar-refractivity contribution < 1.29 is 47.6 Å². The van der Waals surface area contributed by atoms with Gasteiger partial charge >= 0.3 is 23.9 Å². The summed E-state index contributed by atoms with van der Waals surface area (Å²) >= 11 is 0. The first-order valence-corrected chi connectivity index (χ1v) is 18.4. The lowest BCUT2D eigenvalue weighted by molar-refractivity contribution is 0.0468. The molecule has 0 aromatic heterocycles. The van der Waals surface area contributed by atoms with Crippen LogP contribution in [0.15, 0.2) is 121 Å². The Balaban J connectivity index is 0.983. The van der Waals surface area contributed by atoms with Crippen molar-refractivity contribution in [2.45, 2.75) is 50.7 Å². The number of hydrogen-bond acceptors (Lipinski definition) is 10. The molecule has 0 aliphatic carbocycles. The van der Waals surface area contributed by atoms with Crippen LogP contribution in [0.1, 0.15) is 91.4 Å². The van der Waals surface area contributed by atoms with E-state index >= 15 is 0 Å². The molecule has 56 heavy (non-hydrogen) atoms. The van der Waals surface area contributed by atoms with E-state index in [-0.39, 0.29) is 47.7 Å². The fourth-order valence-electron chi connectivity index (χ4n) is 6.22. The van der Waals surface area contributed by atoms with Crippen molar-refractivity contribution in [1.82, 2.24) is 0 Å². The summed E-state index contributed by atoms with van der Waals surface area (Å²) in [5.74, 6) is -1.44. The van der Waals surface area contributed by atoms with Crippen LogP contribution >= 0.6 is 0 Å². The number of rotatable bonds is 14. The summed E-state index contributed by atoms with van der Waals surface area (Å²) in [7, 11) is 0. The zero-order chi connectivity index (χ0) is 39.5. The molecule has 7 rings (SSSR count). The smallest absolute Gasteiger partial charge is 0.343 e. The van der Waals surface area contributed by atoms with Crippen molar-refractivity contribution >= 4 is 23.9 Å². The van der Waals surface area contributed by atoms with Gasteiger partial charge in [0.25, 0.3) is 0 Å². The fraction of sp³-hybridized carbons (Fsp3) is 0.261. The molecular formula is C46H42O10. The van der Waals surface area contributed by atoms with Crippen LogP contribution in [0.2, 0.25) is 0 Å². The van der Waals surface area contributed by atoms with Crippen molar-refractivity contribution in [2.24, 2.45) is 0 Å². The van der Waals surface area contributed by atoms with Crippen LogP contribution in [-0.4, -0.2) is 62.5 Å². The number of hydrogen-bond donors (Lipinski definition) is 0. The molecule has 0 saturated carbocycles. The molecule has 10 heteroatoms. The van der Waals surface area contributed by atoms with Gasteiger partial charge < -0.3 is 28.4 Å². The fourth-order valence-corrected chi connectivity index (χ4v) is 6.22. The number of benzene rings is 5. The molecule has 2 aliphatic heterocycles. The van der Waals surface area contributed by atoms with Gasteiger partial charge in [-0.3, -0.25) is 0 Å². The standard InChI is InChI=1S/C46H42O10/c1-45(2,33-14-18-37(19-15-33)55-43(49)31-10-5-8-29(22-31)41(47)53-27-39-25-51-39)35-12-7-13-36(24-35)46(3,4)34-16-20-38(21-17-34)56-44(50)32-11-6-9-30(23-32)42(48)54-28-40-26-52-40/h5-24,39-40H,25-28H2,1-4H3. The minimum Gasteiger partial charge on any atom is -0.459 e. The summed E-state index contributed by atoms with van der Waals surface area (Å²) in [5.41, 5.74) is 4.47. The Bertz CT molecular complexity index is 2090. The second-order valence-electron chi connectivity index (χ2n) is 14.9. The third kappa shape index (κ3) is 9.05. The summed E-state index contributed by atoms with van der Waals surface area (Å²) in [6.45, 7) is 10.1. The van der Waals surface area contributed by atoms with Crippen LogP contribution < -0.4 is 9.47 Å². The predicted octanol–water partition coefficient (Wildman–Crippen LogP) is 7.89. The second kappa shape index (κ2) is 15.9. The molecule has 5 aromatic carbocycles. The summed E-state index contributed by atoms with van der Waals surface area (Å²) < 4.78 is 31.9. The normalized spacial score (nSPS) is 16.0. The van der Waals surface area contributed by atoms with Crippen molar-refractivity contribution in [2.75, 3.05) is 26.4 Å². The molecule has 0 amide bonds. The van der Waals surface area contributed by atoms with Gasteiger partial charge in [-0.1, -0.05) is 88.4 Å². The first-order valence-electron chi connectivity index (χ1n) is 18.4. The average Bonchev–Trinajstić information content (AvgIpc) is 4.16. The van der Waals surface area contributed by atoms with E-state index in [4.69, 9.17) is 28.4 Å². The molecule has 2 aliphatic rings. The highest BCUT2D eigenvalue weighted by molar-refractivity contribution is 5.97. The van der Waals surface area contributed by atoms with Gasteiger partial charge in [-0.2, -0.15) is 0 Å². The quantitative estimate of drug-likeness (QED) is 0.0627. The summed E-state index contributed by atoms with van der Waals surface area (Å²) in [5, 5.41) is 0. The van der Waals surface area contributed by atoms with Crippen LogP contribution in [0.25, 0.3) is 0 Å². The maximum atomic E-state index is 13.0. The number of esters is 4. The number of carbonyl (C=O) groups excluding carboxylic acids is 4. The molecule has 10 nitrogen and oxygen atoms in total. The average molecular weight is 755 g/mol. The van der Waals surface area contributed by atoms with Gasteiger partial charge in [-0.05, 0) is 82.9 Å². The van der Waals surface area contributed by atoms with Crippen LogP contribution in [0.5, 0.6) is 11.5 Å². The van der Waals surface area contributed by atoms with Gasteiger partial charge in [-0.15, -0.1) is 0 Å². The lowest BCUT2D eigenvalue weighted by Gasteiger charge is -2.31. The van der Waals surface area contributed by atoms with Crippen LogP contribution in [0, 0.1) is 0 Å². The van der Waals surface area contributed by atoms with E-state index < -0.39 is 34.7 Å². The third-order valence-electron chi connectivity index (χ3n) is 10.2. The Hall–Kier alpha value is -6.10. The van der Waals surface area contributed by atoms with Gasteiger partial charge in [0.15, 0.2) is 0 Å². The van der Waals surface area contributed by atoms with Crippen LogP contribution in [0.4, 0.5) is 0 Å². The van der Waals surface area contributed by atoms with Crippen LogP contribution in [-0.2, 0) is 29.8 Å². The van der Waals surface area contributed by atoms with Crippen LogP contribution in [0.3, 0.4) is 0 Å². The van der Waals surface area contributed by atoms with Crippen molar-refractivity contribution in [3.63, 3.8) is 0 Å². The molecule has 2 fully saturated rings. The molecule has 2 unspecified atom stereocenters. The Morgan fingerprint density at radius 3 is 1.18 bits per heavy atom. The third-order valence-corrected chi connectivity index (χ3v) is 10.2. The molecule has 0 bridgehead atoms. The molecular weight excluding hydrogens is 712 g/mol. The molecule has 2 heterocycles. The molecule has 2 atom stereocenters. The van der Waals surface area contributed by atoms with Gasteiger partial charge in [0.2, 0.25) is 0 Å². The van der Waals surface area contributed by atoms with Crippen molar-refractivity contribution in [3.8, 4) is 11.5 Å². The minimum atomic E-state index is -0.581. The van der Waals surface area contributed by atoms with Crippen molar-refractivity contribution in [3.05, 3.63) is 166 Å². The van der Waals surface area contributed by atoms with E-state index in [1.807, 2.05) is 30.3 Å². The van der Waals surface area contributed by atoms with E-state index in [0.717, 1.165) is 22.3 Å². The summed E-state index contributed by atoms with van der Waals surface area (Å²) in [6, 6.07) is 35.8. The summed E-state index contributed by atoms with van der Waals surface area (Å²) in [4.78, 5) is 50.7. The Kier molecular flexibility index (Phi) is 10.9. The molecule has 0 N–H and O–H groups in total. The highest BCUT2D eigenvalue weighted by Gasteiger charge is 2.29. The zero-order valence-corrected chi connectivity index (χ0v) is 31.6. The predicted molar refractivity (Wildman–Crippen MR) is 206 cm³/mol. The highest BCUT2D eigenvalue weighted by atomic mass is 16.6. The zero-order valence-electron chi connectivity index (χ0n) is 31.6. The Morgan fingerprint density at radius 2 is 0.821 bits per heavy atom. The maximum Gasteiger partial charge on any atom is 0.343 e. The lowest BCUT2D eigenvalue weighted by atomic mass is 9.73. The van der Waals surface area contributed by atoms with Gasteiger partial charge in [-0.25, -0.2) is 19.2 Å². The van der Waals surface area contributed by atoms with E-state index in [1.54, 1.807) is 60.7 Å². The summed E-state index contributed by atoms with van der Waals surface area (Å²) in [6.07, 6.45) is -0.0968. The first-order chi connectivity index (χ1) is 26.9. The molecule has 286 valence electrons. The minimum absolute atomic E-state index is 0.0484. The van der Waals surface area contributed by atoms with E-state index in [9.17, 15) is 19.2 Å². The monoisotopic (exact) mass is 754 g/mol. The SMILES string of the molecule is CC(C)(c1ccc(OC(=O)c2cccc(C(=O)OCC3CO3)c2)cc1)c1cccc(C(C)(C)c2ccc(OC(=O)c3cccc(C(=O)OCC4CO4)c3)cc2)c1. The Morgan fingerprint density at radius 1 is 0.482 bits per heavy atom. The molecule has 0 spiro atoms. The number of carbonyl (C=O) groups is 4. The van der Waals surface area contributed by atoms with Gasteiger partial charge in [0, 0.05) is 10.8 Å². The number of ether oxygens (including phenoxy) is 6. The van der Waals surface area contributed by atoms with E-state index in [1.165, 1.54) is 12.1 Å². The Labute approximate surface area is 325 Å². The molecule has 0 radical (unpaired) electrons. The van der Waals surface area contributed by atoms with Crippen molar-refractivity contribution in [1.29, 1.82) is 0 Å². The maximum absolute atomic E-state index is 13.0. The van der Waals surface area contributed by atoms with E-state index in [0.29, 0.717) is 24.7 Å². The lowest BCUT2D eigenvalue weighted by Crippen LogP contribution is -2.23. The topological polar surface area (TPSA) is 130 Å². The largest absolute Gasteiger partial charge is 0.459 e. The first kappa shape index (κ1) is 38.2. The molecule has 2 saturated heterocycles. The van der Waals surface area contributed by atoms with E-state index in [2.05, 4.69) is 45.9 Å². The molecule has 5 aromatic rings. The highest BCUT2D eigenvalue weighted by Crippen LogP contribution is 2.38.